The maximum absolute atomic E-state index is 13.6. The maximum Gasteiger partial charge on any atom is 0.227 e. The third-order valence-electron chi connectivity index (χ3n) is 5.97. The van der Waals surface area contributed by atoms with E-state index in [1.165, 1.54) is 29.4 Å². The van der Waals surface area contributed by atoms with E-state index in [1.807, 2.05) is 36.4 Å². The molecule has 1 amide bonds. The van der Waals surface area contributed by atoms with Gasteiger partial charge in [-0.25, -0.2) is 4.39 Å². The second-order valence-electron chi connectivity index (χ2n) is 8.22. The Labute approximate surface area is 190 Å². The molecule has 7 heteroatoms. The van der Waals surface area contributed by atoms with Gasteiger partial charge in [-0.1, -0.05) is 30.3 Å². The number of hydrogen-bond donors (Lipinski definition) is 1. The van der Waals surface area contributed by atoms with Gasteiger partial charge in [0.05, 0.1) is 11.7 Å². The molecule has 5 rings (SSSR count). The highest BCUT2D eigenvalue weighted by Gasteiger charge is 2.25. The highest BCUT2D eigenvalue weighted by molar-refractivity contribution is 7.00. The van der Waals surface area contributed by atoms with Gasteiger partial charge < -0.3 is 5.32 Å². The molecule has 1 aliphatic rings. The Morgan fingerprint density at radius 3 is 2.53 bits per heavy atom. The number of aromatic nitrogens is 2. The Bertz CT molecular complexity index is 1250. The molecule has 5 nitrogen and oxygen atoms in total. The Morgan fingerprint density at radius 2 is 1.72 bits per heavy atom. The summed E-state index contributed by atoms with van der Waals surface area (Å²) >= 11 is 1.24. The summed E-state index contributed by atoms with van der Waals surface area (Å²) in [5.74, 6) is -0.225. The largest absolute Gasteiger partial charge is 0.326 e. The molecule has 32 heavy (non-hydrogen) atoms. The van der Waals surface area contributed by atoms with Crippen LogP contribution in [-0.2, 0) is 11.3 Å². The lowest BCUT2D eigenvalue weighted by atomic mass is 9.95. The van der Waals surface area contributed by atoms with Crippen LogP contribution >= 0.6 is 11.7 Å². The SMILES string of the molecule is O=C(Nc1cccc(-c2cccc(F)c2)c1)C1CCN(Cc2ccc3nsnc3c2)CC1. The molecular weight excluding hydrogens is 423 g/mol. The van der Waals surface area contributed by atoms with Crippen LogP contribution in [0.1, 0.15) is 18.4 Å². The third-order valence-corrected chi connectivity index (χ3v) is 6.53. The number of carbonyl (C=O) groups is 1. The van der Waals surface area contributed by atoms with Gasteiger partial charge in [-0.05, 0) is 79.0 Å². The summed E-state index contributed by atoms with van der Waals surface area (Å²) < 4.78 is 22.1. The fraction of sp³-hybridized carbons (Fsp3) is 0.240. The number of anilines is 1. The van der Waals surface area contributed by atoms with Gasteiger partial charge in [0.2, 0.25) is 5.91 Å². The minimum atomic E-state index is -0.271. The number of benzene rings is 3. The molecule has 1 N–H and O–H groups in total. The zero-order chi connectivity index (χ0) is 21.9. The Balaban J connectivity index is 1.17. The zero-order valence-electron chi connectivity index (χ0n) is 17.5. The lowest BCUT2D eigenvalue weighted by Crippen LogP contribution is -2.37. The lowest BCUT2D eigenvalue weighted by Gasteiger charge is -2.31. The van der Waals surface area contributed by atoms with Crippen LogP contribution in [0.25, 0.3) is 22.2 Å². The van der Waals surface area contributed by atoms with Gasteiger partial charge in [-0.2, -0.15) is 8.75 Å². The molecule has 2 heterocycles. The van der Waals surface area contributed by atoms with E-state index < -0.39 is 0 Å². The first-order valence-corrected chi connectivity index (χ1v) is 11.5. The molecule has 3 aromatic carbocycles. The number of carbonyl (C=O) groups excluding carboxylic acids is 1. The Kier molecular flexibility index (Phi) is 5.92. The molecule has 1 aromatic heterocycles. The fourth-order valence-electron chi connectivity index (χ4n) is 4.23. The van der Waals surface area contributed by atoms with Crippen molar-refractivity contribution in [2.75, 3.05) is 18.4 Å². The van der Waals surface area contributed by atoms with E-state index in [-0.39, 0.29) is 17.6 Å². The van der Waals surface area contributed by atoms with Crippen molar-refractivity contribution in [3.05, 3.63) is 78.1 Å². The summed E-state index contributed by atoms with van der Waals surface area (Å²) in [4.78, 5) is 15.2. The van der Waals surface area contributed by atoms with Crippen molar-refractivity contribution in [1.29, 1.82) is 0 Å². The predicted molar refractivity (Wildman–Crippen MR) is 126 cm³/mol. The summed E-state index contributed by atoms with van der Waals surface area (Å²) in [6.45, 7) is 2.63. The predicted octanol–water partition coefficient (Wildman–Crippen LogP) is 5.35. The van der Waals surface area contributed by atoms with Crippen molar-refractivity contribution in [3.8, 4) is 11.1 Å². The molecule has 1 saturated heterocycles. The van der Waals surface area contributed by atoms with Crippen molar-refractivity contribution in [2.45, 2.75) is 19.4 Å². The molecule has 4 aromatic rings. The highest BCUT2D eigenvalue weighted by Crippen LogP contribution is 2.25. The summed E-state index contributed by atoms with van der Waals surface area (Å²) in [6, 6.07) is 20.3. The minimum absolute atomic E-state index is 0.00528. The number of nitrogens with one attached hydrogen (secondary N) is 1. The molecule has 0 radical (unpaired) electrons. The van der Waals surface area contributed by atoms with Crippen molar-refractivity contribution >= 4 is 34.4 Å². The summed E-state index contributed by atoms with van der Waals surface area (Å²) in [6.07, 6.45) is 1.66. The van der Waals surface area contributed by atoms with Crippen molar-refractivity contribution in [1.82, 2.24) is 13.6 Å². The molecule has 162 valence electrons. The van der Waals surface area contributed by atoms with E-state index in [0.29, 0.717) is 0 Å². The van der Waals surface area contributed by atoms with Gasteiger partial charge in [0.1, 0.15) is 16.9 Å². The minimum Gasteiger partial charge on any atom is -0.326 e. The number of fused-ring (bicyclic) bond motifs is 1. The smallest absolute Gasteiger partial charge is 0.227 e. The van der Waals surface area contributed by atoms with E-state index in [1.54, 1.807) is 6.07 Å². The van der Waals surface area contributed by atoms with Crippen LogP contribution in [-0.4, -0.2) is 32.6 Å². The number of hydrogen-bond acceptors (Lipinski definition) is 5. The Morgan fingerprint density at radius 1 is 0.969 bits per heavy atom. The average molecular weight is 447 g/mol. The second kappa shape index (κ2) is 9.14. The molecule has 0 atom stereocenters. The number of piperidine rings is 1. The first-order valence-electron chi connectivity index (χ1n) is 10.7. The average Bonchev–Trinajstić information content (AvgIpc) is 3.28. The molecule has 1 aliphatic heterocycles. The third kappa shape index (κ3) is 4.69. The zero-order valence-corrected chi connectivity index (χ0v) is 18.3. The topological polar surface area (TPSA) is 58.1 Å². The fourth-order valence-corrected chi connectivity index (χ4v) is 4.74. The standard InChI is InChI=1S/C25H23FN4OS/c26-21-5-1-3-19(14-21)20-4-2-6-22(15-20)27-25(31)18-9-11-30(12-10-18)16-17-7-8-23-24(13-17)29-32-28-23/h1-8,13-15,18H,9-12,16H2,(H,27,31). The molecule has 0 unspecified atom stereocenters. The first-order chi connectivity index (χ1) is 15.6. The lowest BCUT2D eigenvalue weighted by molar-refractivity contribution is -0.121. The first kappa shape index (κ1) is 20.7. The van der Waals surface area contributed by atoms with E-state index in [9.17, 15) is 9.18 Å². The maximum atomic E-state index is 13.6. The van der Waals surface area contributed by atoms with E-state index in [4.69, 9.17) is 0 Å². The van der Waals surface area contributed by atoms with Crippen LogP contribution in [0, 0.1) is 11.7 Å². The van der Waals surface area contributed by atoms with E-state index in [2.05, 4.69) is 31.1 Å². The summed E-state index contributed by atoms with van der Waals surface area (Å²) in [5.41, 5.74) is 5.52. The van der Waals surface area contributed by atoms with Gasteiger partial charge in [0.15, 0.2) is 0 Å². The van der Waals surface area contributed by atoms with Crippen LogP contribution < -0.4 is 5.32 Å². The summed E-state index contributed by atoms with van der Waals surface area (Å²) in [7, 11) is 0. The summed E-state index contributed by atoms with van der Waals surface area (Å²) in [5, 5.41) is 3.05. The van der Waals surface area contributed by atoms with Gasteiger partial charge in [0, 0.05) is 18.2 Å². The number of rotatable bonds is 5. The molecule has 0 bridgehead atoms. The van der Waals surface area contributed by atoms with E-state index in [0.717, 1.165) is 60.3 Å². The van der Waals surface area contributed by atoms with Crippen molar-refractivity contribution < 1.29 is 9.18 Å². The highest BCUT2D eigenvalue weighted by atomic mass is 32.1. The second-order valence-corrected chi connectivity index (χ2v) is 8.75. The van der Waals surface area contributed by atoms with Crippen LogP contribution in [0.4, 0.5) is 10.1 Å². The molecule has 1 fully saturated rings. The van der Waals surface area contributed by atoms with Crippen molar-refractivity contribution in [3.63, 3.8) is 0 Å². The molecule has 0 aliphatic carbocycles. The molecule has 0 saturated carbocycles. The monoisotopic (exact) mass is 446 g/mol. The van der Waals surface area contributed by atoms with Crippen LogP contribution in [0.15, 0.2) is 66.7 Å². The van der Waals surface area contributed by atoms with Crippen LogP contribution in [0.5, 0.6) is 0 Å². The van der Waals surface area contributed by atoms with Gasteiger partial charge in [0.25, 0.3) is 0 Å². The quantitative estimate of drug-likeness (QED) is 0.449. The van der Waals surface area contributed by atoms with Gasteiger partial charge >= 0.3 is 0 Å². The number of amides is 1. The molecule has 0 spiro atoms. The normalized spacial score (nSPS) is 15.2. The number of likely N-dealkylation sites (tertiary alicyclic amines) is 1. The van der Waals surface area contributed by atoms with Crippen LogP contribution in [0.3, 0.4) is 0 Å². The van der Waals surface area contributed by atoms with Gasteiger partial charge in [-0.3, -0.25) is 9.69 Å². The van der Waals surface area contributed by atoms with Crippen LogP contribution in [0.2, 0.25) is 0 Å². The van der Waals surface area contributed by atoms with E-state index >= 15 is 0 Å². The van der Waals surface area contributed by atoms with Gasteiger partial charge in [-0.15, -0.1) is 0 Å². The Hall–Kier alpha value is -3.16. The van der Waals surface area contributed by atoms with Crippen molar-refractivity contribution in [2.24, 2.45) is 5.92 Å². The number of nitrogens with zero attached hydrogens (tertiary/aromatic N) is 3. The molecular formula is C25H23FN4OS. The number of halogens is 1.